The van der Waals surface area contributed by atoms with Crippen LogP contribution in [0.2, 0.25) is 0 Å². The first-order valence-corrected chi connectivity index (χ1v) is 4.66. The molecule has 0 amide bonds. The normalized spacial score (nSPS) is 24.2. The highest BCUT2D eigenvalue weighted by atomic mass is 14.9. The van der Waals surface area contributed by atoms with Gasteiger partial charge in [0.05, 0.1) is 6.33 Å². The first kappa shape index (κ1) is 7.80. The fourth-order valence-electron chi connectivity index (χ4n) is 1.76. The maximum Gasteiger partial charge on any atom is 0.0921 e. The number of aromatic nitrogens is 2. The number of aromatic amines is 1. The third kappa shape index (κ3) is 1.85. The predicted molar refractivity (Wildman–Crippen MR) is 47.9 cm³/mol. The maximum absolute atomic E-state index is 4.00. The average molecular weight is 165 g/mol. The lowest BCUT2D eigenvalue weighted by atomic mass is 10.0. The van der Waals surface area contributed by atoms with E-state index >= 15 is 0 Å². The molecule has 3 nitrogen and oxygen atoms in total. The molecule has 1 saturated heterocycles. The molecule has 1 aromatic heterocycles. The second-order valence-electron chi connectivity index (χ2n) is 3.43. The number of nitrogens with zero attached hydrogens (tertiary/aromatic N) is 1. The Morgan fingerprint density at radius 3 is 3.17 bits per heavy atom. The van der Waals surface area contributed by atoms with E-state index in [2.05, 4.69) is 15.3 Å². The van der Waals surface area contributed by atoms with E-state index in [1.54, 1.807) is 6.33 Å². The van der Waals surface area contributed by atoms with Crippen LogP contribution in [0.4, 0.5) is 0 Å². The molecule has 3 heteroatoms. The molecule has 1 aliphatic heterocycles. The van der Waals surface area contributed by atoms with Gasteiger partial charge in [-0.05, 0) is 19.4 Å². The van der Waals surface area contributed by atoms with Crippen molar-refractivity contribution in [2.75, 3.05) is 6.54 Å². The summed E-state index contributed by atoms with van der Waals surface area (Å²) in [5.41, 5.74) is 1.24. The first-order chi connectivity index (χ1) is 5.95. The van der Waals surface area contributed by atoms with Crippen LogP contribution in [-0.4, -0.2) is 22.6 Å². The monoisotopic (exact) mass is 165 g/mol. The predicted octanol–water partition coefficient (Wildman–Crippen LogP) is 1.09. The van der Waals surface area contributed by atoms with E-state index in [9.17, 15) is 0 Å². The lowest BCUT2D eigenvalue weighted by Gasteiger charge is -2.22. The summed E-state index contributed by atoms with van der Waals surface area (Å²) in [6.07, 6.45) is 8.76. The molecule has 0 spiro atoms. The van der Waals surface area contributed by atoms with Gasteiger partial charge >= 0.3 is 0 Å². The summed E-state index contributed by atoms with van der Waals surface area (Å²) in [5, 5.41) is 3.51. The molecule has 2 heterocycles. The van der Waals surface area contributed by atoms with Crippen molar-refractivity contribution in [3.8, 4) is 0 Å². The fourth-order valence-corrected chi connectivity index (χ4v) is 1.76. The molecular weight excluding hydrogens is 150 g/mol. The Kier molecular flexibility index (Phi) is 2.42. The van der Waals surface area contributed by atoms with Gasteiger partial charge in [0.2, 0.25) is 0 Å². The Morgan fingerprint density at radius 2 is 2.50 bits per heavy atom. The van der Waals surface area contributed by atoms with Crippen LogP contribution in [0.25, 0.3) is 0 Å². The molecule has 0 unspecified atom stereocenters. The highest BCUT2D eigenvalue weighted by Gasteiger charge is 2.12. The van der Waals surface area contributed by atoms with Crippen molar-refractivity contribution >= 4 is 0 Å². The van der Waals surface area contributed by atoms with Gasteiger partial charge in [0.25, 0.3) is 0 Å². The Balaban J connectivity index is 1.86. The van der Waals surface area contributed by atoms with Crippen LogP contribution >= 0.6 is 0 Å². The van der Waals surface area contributed by atoms with Gasteiger partial charge in [-0.15, -0.1) is 0 Å². The summed E-state index contributed by atoms with van der Waals surface area (Å²) in [6.45, 7) is 1.18. The Labute approximate surface area is 72.6 Å². The minimum Gasteiger partial charge on any atom is -0.348 e. The summed E-state index contributed by atoms with van der Waals surface area (Å²) >= 11 is 0. The molecule has 1 atom stereocenters. The number of imidazole rings is 1. The molecule has 1 aromatic rings. The molecular formula is C9H15N3. The Hall–Kier alpha value is -0.830. The van der Waals surface area contributed by atoms with E-state index in [1.165, 1.54) is 31.5 Å². The zero-order valence-corrected chi connectivity index (χ0v) is 7.21. The van der Waals surface area contributed by atoms with E-state index in [1.807, 2.05) is 6.20 Å². The topological polar surface area (TPSA) is 40.7 Å². The van der Waals surface area contributed by atoms with Gasteiger partial charge in [-0.3, -0.25) is 0 Å². The van der Waals surface area contributed by atoms with E-state index < -0.39 is 0 Å². The first-order valence-electron chi connectivity index (χ1n) is 4.66. The number of hydrogen-bond donors (Lipinski definition) is 2. The number of rotatable bonds is 2. The Morgan fingerprint density at radius 1 is 1.50 bits per heavy atom. The highest BCUT2D eigenvalue weighted by Crippen LogP contribution is 2.10. The zero-order valence-electron chi connectivity index (χ0n) is 7.21. The molecule has 0 bridgehead atoms. The largest absolute Gasteiger partial charge is 0.348 e. The molecule has 0 radical (unpaired) electrons. The molecule has 1 fully saturated rings. The molecule has 0 aliphatic carbocycles. The van der Waals surface area contributed by atoms with E-state index in [-0.39, 0.29) is 0 Å². The van der Waals surface area contributed by atoms with E-state index in [4.69, 9.17) is 0 Å². The van der Waals surface area contributed by atoms with Gasteiger partial charge in [-0.2, -0.15) is 0 Å². The molecule has 12 heavy (non-hydrogen) atoms. The summed E-state index contributed by atoms with van der Waals surface area (Å²) < 4.78 is 0. The van der Waals surface area contributed by atoms with Gasteiger partial charge in [0.1, 0.15) is 0 Å². The smallest absolute Gasteiger partial charge is 0.0921 e. The lowest BCUT2D eigenvalue weighted by molar-refractivity contribution is 0.397. The molecule has 2 rings (SSSR count). The highest BCUT2D eigenvalue weighted by molar-refractivity contribution is 4.97. The van der Waals surface area contributed by atoms with Crippen LogP contribution < -0.4 is 5.32 Å². The van der Waals surface area contributed by atoms with Crippen LogP contribution in [0.5, 0.6) is 0 Å². The number of piperidine rings is 1. The van der Waals surface area contributed by atoms with Crippen LogP contribution in [0.3, 0.4) is 0 Å². The third-order valence-corrected chi connectivity index (χ3v) is 2.43. The molecule has 1 aliphatic rings. The average Bonchev–Trinajstić information content (AvgIpc) is 2.59. The van der Waals surface area contributed by atoms with Gasteiger partial charge in [0.15, 0.2) is 0 Å². The van der Waals surface area contributed by atoms with Crippen molar-refractivity contribution in [3.05, 3.63) is 18.2 Å². The van der Waals surface area contributed by atoms with Gasteiger partial charge < -0.3 is 10.3 Å². The van der Waals surface area contributed by atoms with Gasteiger partial charge in [0, 0.05) is 24.4 Å². The fraction of sp³-hybridized carbons (Fsp3) is 0.667. The van der Waals surface area contributed by atoms with Crippen molar-refractivity contribution in [1.82, 2.24) is 15.3 Å². The van der Waals surface area contributed by atoms with Crippen LogP contribution in [0.1, 0.15) is 25.0 Å². The van der Waals surface area contributed by atoms with E-state index in [0.717, 1.165) is 6.42 Å². The van der Waals surface area contributed by atoms with Crippen LogP contribution in [-0.2, 0) is 6.42 Å². The maximum atomic E-state index is 4.00. The standard InChI is InChI=1S/C9H15N3/c1-2-4-11-8(3-1)5-9-6-10-7-12-9/h6-8,11H,1-5H2,(H,10,12)/t8-/m0/s1. The van der Waals surface area contributed by atoms with Crippen molar-refractivity contribution < 1.29 is 0 Å². The second kappa shape index (κ2) is 3.72. The summed E-state index contributed by atoms with van der Waals surface area (Å²) in [7, 11) is 0. The molecule has 0 saturated carbocycles. The summed E-state index contributed by atoms with van der Waals surface area (Å²) in [6, 6.07) is 0.666. The quantitative estimate of drug-likeness (QED) is 0.688. The molecule has 66 valence electrons. The minimum absolute atomic E-state index is 0.666. The minimum atomic E-state index is 0.666. The van der Waals surface area contributed by atoms with E-state index in [0.29, 0.717) is 6.04 Å². The zero-order chi connectivity index (χ0) is 8.23. The van der Waals surface area contributed by atoms with Gasteiger partial charge in [-0.1, -0.05) is 6.42 Å². The van der Waals surface area contributed by atoms with Crippen molar-refractivity contribution in [3.63, 3.8) is 0 Å². The van der Waals surface area contributed by atoms with Crippen molar-refractivity contribution in [2.45, 2.75) is 31.7 Å². The Bertz CT molecular complexity index is 212. The van der Waals surface area contributed by atoms with Crippen molar-refractivity contribution in [1.29, 1.82) is 0 Å². The molecule has 0 aromatic carbocycles. The number of H-pyrrole nitrogens is 1. The number of nitrogens with one attached hydrogen (secondary N) is 2. The van der Waals surface area contributed by atoms with Gasteiger partial charge in [-0.25, -0.2) is 4.98 Å². The second-order valence-corrected chi connectivity index (χ2v) is 3.43. The lowest BCUT2D eigenvalue weighted by Crippen LogP contribution is -2.35. The van der Waals surface area contributed by atoms with Crippen LogP contribution in [0, 0.1) is 0 Å². The summed E-state index contributed by atoms with van der Waals surface area (Å²) in [4.78, 5) is 7.14. The van der Waals surface area contributed by atoms with Crippen LogP contribution in [0.15, 0.2) is 12.5 Å². The molecule has 2 N–H and O–H groups in total. The number of hydrogen-bond acceptors (Lipinski definition) is 2. The third-order valence-electron chi connectivity index (χ3n) is 2.43. The SMILES string of the molecule is c1ncc(C[C@@H]2CCCCN2)[nH]1. The van der Waals surface area contributed by atoms with Crippen molar-refractivity contribution in [2.24, 2.45) is 0 Å². The summed E-state index contributed by atoms with van der Waals surface area (Å²) in [5.74, 6) is 0.